The van der Waals surface area contributed by atoms with Crippen molar-refractivity contribution in [3.63, 3.8) is 0 Å². The van der Waals surface area contributed by atoms with Crippen LogP contribution in [0.15, 0.2) is 42.7 Å². The summed E-state index contributed by atoms with van der Waals surface area (Å²) >= 11 is 0. The Kier molecular flexibility index (Phi) is 5.79. The smallest absolute Gasteiger partial charge is 0.291 e. The Morgan fingerprint density at radius 2 is 1.94 bits per heavy atom. The van der Waals surface area contributed by atoms with Gasteiger partial charge < -0.3 is 16.0 Å². The highest BCUT2D eigenvalue weighted by molar-refractivity contribution is 5.92. The van der Waals surface area contributed by atoms with Gasteiger partial charge in [-0.25, -0.2) is 24.0 Å². The van der Waals surface area contributed by atoms with Gasteiger partial charge in [-0.15, -0.1) is 5.10 Å². The molecule has 4 heterocycles. The summed E-state index contributed by atoms with van der Waals surface area (Å²) in [6.45, 7) is 4.33. The third-order valence-electron chi connectivity index (χ3n) is 6.06. The molecule has 0 atom stereocenters. The molecule has 0 unspecified atom stereocenters. The Morgan fingerprint density at radius 3 is 2.71 bits per heavy atom. The molecule has 3 N–H and O–H groups in total. The van der Waals surface area contributed by atoms with Crippen molar-refractivity contribution in [3.8, 4) is 0 Å². The number of fused-ring (bicyclic) bond motifs is 1. The number of aryl methyl sites for hydroxylation is 1. The van der Waals surface area contributed by atoms with Gasteiger partial charge >= 0.3 is 0 Å². The molecule has 1 saturated heterocycles. The zero-order valence-corrected chi connectivity index (χ0v) is 18.8. The minimum Gasteiger partial charge on any atom is -0.383 e. The number of pyridine rings is 2. The monoisotopic (exact) mass is 460 g/mol. The molecule has 0 bridgehead atoms. The summed E-state index contributed by atoms with van der Waals surface area (Å²) in [5.74, 6) is 0.974. The Morgan fingerprint density at radius 1 is 1.12 bits per heavy atom. The van der Waals surface area contributed by atoms with E-state index >= 15 is 0 Å². The molecular weight excluding hydrogens is 435 g/mol. The van der Waals surface area contributed by atoms with Crippen LogP contribution in [0.25, 0.3) is 10.8 Å². The van der Waals surface area contributed by atoms with E-state index in [1.807, 2.05) is 18.3 Å². The number of rotatable bonds is 6. The van der Waals surface area contributed by atoms with Gasteiger partial charge in [-0.05, 0) is 37.5 Å². The minimum absolute atomic E-state index is 0.00168. The normalized spacial score (nSPS) is 13.5. The van der Waals surface area contributed by atoms with Gasteiger partial charge in [-0.3, -0.25) is 4.79 Å². The molecule has 1 aliphatic rings. The maximum atomic E-state index is 14.9. The summed E-state index contributed by atoms with van der Waals surface area (Å²) in [4.78, 5) is 27.7. The second-order valence-electron chi connectivity index (χ2n) is 8.37. The summed E-state index contributed by atoms with van der Waals surface area (Å²) in [7, 11) is 0. The Balaban J connectivity index is 1.25. The van der Waals surface area contributed by atoms with E-state index in [1.54, 1.807) is 29.8 Å². The molecule has 0 spiro atoms. The number of nitrogens with two attached hydrogens (primary N) is 1. The predicted molar refractivity (Wildman–Crippen MR) is 127 cm³/mol. The van der Waals surface area contributed by atoms with Crippen molar-refractivity contribution in [1.82, 2.24) is 30.0 Å². The van der Waals surface area contributed by atoms with Crippen molar-refractivity contribution in [1.29, 1.82) is 0 Å². The first-order valence-electron chi connectivity index (χ1n) is 11.2. The Hall–Kier alpha value is -4.08. The fourth-order valence-corrected chi connectivity index (χ4v) is 4.16. The fraction of sp³-hybridized carbons (Fsp3) is 0.292. The molecule has 1 amide bonds. The molecule has 34 heavy (non-hydrogen) atoms. The van der Waals surface area contributed by atoms with Crippen molar-refractivity contribution in [3.05, 3.63) is 71.3 Å². The highest BCUT2D eigenvalue weighted by atomic mass is 19.1. The van der Waals surface area contributed by atoms with E-state index in [2.05, 4.69) is 30.3 Å². The number of amides is 1. The van der Waals surface area contributed by atoms with Crippen molar-refractivity contribution < 1.29 is 9.18 Å². The number of benzene rings is 1. The van der Waals surface area contributed by atoms with Crippen LogP contribution in [-0.2, 0) is 13.1 Å². The van der Waals surface area contributed by atoms with E-state index in [1.165, 1.54) is 19.0 Å². The summed E-state index contributed by atoms with van der Waals surface area (Å²) in [5, 5.41) is 7.93. The van der Waals surface area contributed by atoms with Crippen LogP contribution < -0.4 is 16.0 Å². The average Bonchev–Trinajstić information content (AvgIpc) is 3.50. The molecule has 3 aromatic heterocycles. The summed E-state index contributed by atoms with van der Waals surface area (Å²) in [6, 6.07) is 8.88. The predicted octanol–water partition coefficient (Wildman–Crippen LogP) is 2.83. The molecule has 0 saturated carbocycles. The summed E-state index contributed by atoms with van der Waals surface area (Å²) < 4.78 is 16.5. The molecule has 174 valence electrons. The lowest BCUT2D eigenvalue weighted by Crippen LogP contribution is -2.24. The number of aromatic nitrogens is 5. The third kappa shape index (κ3) is 4.26. The third-order valence-corrected chi connectivity index (χ3v) is 6.06. The molecular formula is C24H25FN8O. The molecule has 10 heteroatoms. The molecule has 9 nitrogen and oxygen atoms in total. The molecule has 0 radical (unpaired) electrons. The van der Waals surface area contributed by atoms with E-state index in [9.17, 15) is 9.18 Å². The largest absolute Gasteiger partial charge is 0.383 e. The maximum Gasteiger partial charge on any atom is 0.291 e. The van der Waals surface area contributed by atoms with Gasteiger partial charge in [0.05, 0.1) is 6.54 Å². The number of nitrogen functional groups attached to an aromatic ring is 1. The fourth-order valence-electron chi connectivity index (χ4n) is 4.16. The molecule has 4 aromatic rings. The average molecular weight is 461 g/mol. The molecule has 1 aromatic carbocycles. The summed E-state index contributed by atoms with van der Waals surface area (Å²) in [5.41, 5.74) is 7.12. The molecule has 5 rings (SSSR count). The van der Waals surface area contributed by atoms with Gasteiger partial charge in [0.1, 0.15) is 23.3 Å². The van der Waals surface area contributed by atoms with E-state index in [0.717, 1.165) is 24.5 Å². The van der Waals surface area contributed by atoms with Crippen LogP contribution in [0.2, 0.25) is 0 Å². The lowest BCUT2D eigenvalue weighted by molar-refractivity contribution is 0.0940. The Labute approximate surface area is 195 Å². The topological polar surface area (TPSA) is 115 Å². The van der Waals surface area contributed by atoms with Crippen molar-refractivity contribution in [2.75, 3.05) is 23.7 Å². The molecule has 0 aliphatic carbocycles. The number of hydrogen-bond acceptors (Lipinski definition) is 7. The van der Waals surface area contributed by atoms with Crippen molar-refractivity contribution >= 4 is 28.3 Å². The van der Waals surface area contributed by atoms with E-state index in [4.69, 9.17) is 5.73 Å². The van der Waals surface area contributed by atoms with Crippen LogP contribution in [0, 0.1) is 12.7 Å². The number of nitrogens with one attached hydrogen (secondary N) is 1. The van der Waals surface area contributed by atoms with Gasteiger partial charge in [0.2, 0.25) is 5.82 Å². The van der Waals surface area contributed by atoms with Crippen molar-refractivity contribution in [2.45, 2.75) is 32.9 Å². The van der Waals surface area contributed by atoms with Crippen LogP contribution >= 0.6 is 0 Å². The first-order chi connectivity index (χ1) is 16.5. The van der Waals surface area contributed by atoms with Crippen molar-refractivity contribution in [2.24, 2.45) is 0 Å². The second kappa shape index (κ2) is 9.05. The Bertz CT molecular complexity index is 1350. The number of anilines is 2. The second-order valence-corrected chi connectivity index (χ2v) is 8.37. The number of nitrogens with zero attached hydrogens (tertiary/aromatic N) is 6. The zero-order chi connectivity index (χ0) is 23.7. The lowest BCUT2D eigenvalue weighted by atomic mass is 10.1. The van der Waals surface area contributed by atoms with E-state index in [0.29, 0.717) is 28.7 Å². The first-order valence-corrected chi connectivity index (χ1v) is 11.2. The van der Waals surface area contributed by atoms with Crippen LogP contribution in [-0.4, -0.2) is 43.7 Å². The number of hydrogen-bond donors (Lipinski definition) is 2. The SMILES string of the molecule is Cc1nc(C(=O)NCc2ccc3c(N)nccc3c2F)nn1Cc1ccc(N2CCCC2)nc1. The van der Waals surface area contributed by atoms with E-state index in [-0.39, 0.29) is 18.2 Å². The number of carbonyl (C=O) groups excluding carboxylic acids is 1. The zero-order valence-electron chi connectivity index (χ0n) is 18.8. The van der Waals surface area contributed by atoms with Crippen LogP contribution in [0.3, 0.4) is 0 Å². The quantitative estimate of drug-likeness (QED) is 0.455. The van der Waals surface area contributed by atoms with Crippen LogP contribution in [0.5, 0.6) is 0 Å². The van der Waals surface area contributed by atoms with Gasteiger partial charge in [0.25, 0.3) is 5.91 Å². The van der Waals surface area contributed by atoms with Gasteiger partial charge in [-0.2, -0.15) is 0 Å². The first kappa shape index (κ1) is 21.7. The maximum absolute atomic E-state index is 14.9. The minimum atomic E-state index is -0.474. The van der Waals surface area contributed by atoms with Crippen LogP contribution in [0.4, 0.5) is 16.0 Å². The molecule has 1 aliphatic heterocycles. The highest BCUT2D eigenvalue weighted by Gasteiger charge is 2.17. The standard InChI is InChI=1S/C24H25FN8O/c1-15-30-23(31-33(15)14-16-4-7-20(28-12-16)32-10-2-3-11-32)24(34)29-13-17-5-6-19-18(21(17)25)8-9-27-22(19)26/h4-9,12H,2-3,10-11,13-14H2,1H3,(H2,26,27)(H,29,34). The highest BCUT2D eigenvalue weighted by Crippen LogP contribution is 2.24. The van der Waals surface area contributed by atoms with E-state index < -0.39 is 11.7 Å². The van der Waals surface area contributed by atoms with Gasteiger partial charge in [0.15, 0.2) is 0 Å². The summed E-state index contributed by atoms with van der Waals surface area (Å²) in [6.07, 6.45) is 5.69. The van der Waals surface area contributed by atoms with Gasteiger partial charge in [0, 0.05) is 48.4 Å². The number of carbonyl (C=O) groups is 1. The number of halogens is 1. The lowest BCUT2D eigenvalue weighted by Gasteiger charge is -2.16. The molecule has 1 fully saturated rings. The van der Waals surface area contributed by atoms with Crippen LogP contribution in [0.1, 0.15) is 40.4 Å². The van der Waals surface area contributed by atoms with Gasteiger partial charge in [-0.1, -0.05) is 18.2 Å².